The Morgan fingerprint density at radius 1 is 1.39 bits per heavy atom. The molecule has 1 aromatic rings. The first kappa shape index (κ1) is 17.6. The van der Waals surface area contributed by atoms with Gasteiger partial charge in [-0.05, 0) is 43.9 Å². The van der Waals surface area contributed by atoms with Crippen LogP contribution in [-0.4, -0.2) is 29.4 Å². The van der Waals surface area contributed by atoms with E-state index >= 15 is 0 Å². The standard InChI is InChI=1S/C16H20F3NO3/c1-10(20-13(21)9-16(22)6-3-7-16)11-4-2-5-12(8-11)23-15(19)14(17)18/h2,4-5,8,10,14-15,22H,3,6-7,9H2,1H3,(H,20,21). The van der Waals surface area contributed by atoms with Gasteiger partial charge in [-0.3, -0.25) is 4.79 Å². The van der Waals surface area contributed by atoms with Gasteiger partial charge in [0.25, 0.3) is 6.36 Å². The molecule has 2 atom stereocenters. The first-order valence-corrected chi connectivity index (χ1v) is 7.50. The summed E-state index contributed by atoms with van der Waals surface area (Å²) >= 11 is 0. The molecule has 0 bridgehead atoms. The maximum atomic E-state index is 12.9. The van der Waals surface area contributed by atoms with Crippen LogP contribution in [0.3, 0.4) is 0 Å². The summed E-state index contributed by atoms with van der Waals surface area (Å²) < 4.78 is 41.7. The second kappa shape index (κ2) is 7.21. The van der Waals surface area contributed by atoms with E-state index in [0.717, 1.165) is 6.42 Å². The van der Waals surface area contributed by atoms with Gasteiger partial charge in [-0.25, -0.2) is 8.78 Å². The molecule has 0 aromatic heterocycles. The second-order valence-corrected chi connectivity index (χ2v) is 5.92. The Hall–Kier alpha value is -1.76. The Labute approximate surface area is 132 Å². The summed E-state index contributed by atoms with van der Waals surface area (Å²) in [4.78, 5) is 11.9. The highest BCUT2D eigenvalue weighted by Crippen LogP contribution is 2.34. The number of benzene rings is 1. The number of halogens is 3. The lowest BCUT2D eigenvalue weighted by Gasteiger charge is -2.36. The highest BCUT2D eigenvalue weighted by atomic mass is 19.3. The lowest BCUT2D eigenvalue weighted by molar-refractivity contribution is -0.130. The van der Waals surface area contributed by atoms with E-state index in [4.69, 9.17) is 0 Å². The van der Waals surface area contributed by atoms with Gasteiger partial charge in [0.05, 0.1) is 18.1 Å². The molecule has 0 radical (unpaired) electrons. The molecule has 1 amide bonds. The molecule has 4 nitrogen and oxygen atoms in total. The van der Waals surface area contributed by atoms with Crippen LogP contribution < -0.4 is 10.1 Å². The van der Waals surface area contributed by atoms with Gasteiger partial charge < -0.3 is 15.2 Å². The number of hydrogen-bond acceptors (Lipinski definition) is 3. The van der Waals surface area contributed by atoms with Crippen molar-refractivity contribution in [1.29, 1.82) is 0 Å². The van der Waals surface area contributed by atoms with Crippen LogP contribution in [0, 0.1) is 0 Å². The lowest BCUT2D eigenvalue weighted by atomic mass is 9.77. The minimum absolute atomic E-state index is 0.0332. The smallest absolute Gasteiger partial charge is 0.304 e. The lowest BCUT2D eigenvalue weighted by Crippen LogP contribution is -2.42. The maximum absolute atomic E-state index is 12.9. The largest absolute Gasteiger partial charge is 0.454 e. The summed E-state index contributed by atoms with van der Waals surface area (Å²) in [5.41, 5.74) is -0.314. The Kier molecular flexibility index (Phi) is 5.51. The van der Waals surface area contributed by atoms with Crippen LogP contribution in [0.15, 0.2) is 24.3 Å². The van der Waals surface area contributed by atoms with Crippen LogP contribution >= 0.6 is 0 Å². The fourth-order valence-corrected chi connectivity index (χ4v) is 2.48. The zero-order chi connectivity index (χ0) is 17.0. The zero-order valence-electron chi connectivity index (χ0n) is 12.8. The quantitative estimate of drug-likeness (QED) is 0.807. The van der Waals surface area contributed by atoms with Crippen molar-refractivity contribution in [2.24, 2.45) is 0 Å². The average molecular weight is 331 g/mol. The third-order valence-corrected chi connectivity index (χ3v) is 3.96. The molecule has 0 aliphatic heterocycles. The van der Waals surface area contributed by atoms with E-state index in [9.17, 15) is 23.1 Å². The number of amides is 1. The number of carbonyl (C=O) groups is 1. The van der Waals surface area contributed by atoms with Crippen molar-refractivity contribution in [2.45, 2.75) is 57.0 Å². The molecule has 1 aliphatic rings. The zero-order valence-corrected chi connectivity index (χ0v) is 12.8. The van der Waals surface area contributed by atoms with Gasteiger partial charge in [-0.1, -0.05) is 12.1 Å². The third kappa shape index (κ3) is 4.86. The van der Waals surface area contributed by atoms with Crippen molar-refractivity contribution in [3.8, 4) is 5.75 Å². The molecular weight excluding hydrogens is 311 g/mol. The van der Waals surface area contributed by atoms with Gasteiger partial charge in [-0.15, -0.1) is 0 Å². The van der Waals surface area contributed by atoms with E-state index in [1.165, 1.54) is 18.2 Å². The van der Waals surface area contributed by atoms with E-state index in [2.05, 4.69) is 10.1 Å². The van der Waals surface area contributed by atoms with Gasteiger partial charge >= 0.3 is 6.43 Å². The summed E-state index contributed by atoms with van der Waals surface area (Å²) in [5.74, 6) is -0.323. The third-order valence-electron chi connectivity index (χ3n) is 3.96. The minimum atomic E-state index is -3.22. The highest BCUT2D eigenvalue weighted by Gasteiger charge is 2.36. The molecule has 1 aliphatic carbocycles. The van der Waals surface area contributed by atoms with Crippen LogP contribution in [0.2, 0.25) is 0 Å². The normalized spacial score (nSPS) is 18.9. The number of hydrogen-bond donors (Lipinski definition) is 2. The van der Waals surface area contributed by atoms with Crippen molar-refractivity contribution in [3.05, 3.63) is 29.8 Å². The number of rotatable bonds is 7. The van der Waals surface area contributed by atoms with E-state index in [1.54, 1.807) is 13.0 Å². The monoisotopic (exact) mass is 331 g/mol. The summed E-state index contributed by atoms with van der Waals surface area (Å²) in [6, 6.07) is 5.55. The predicted molar refractivity (Wildman–Crippen MR) is 77.9 cm³/mol. The first-order chi connectivity index (χ1) is 10.8. The van der Waals surface area contributed by atoms with Gasteiger partial charge in [-0.2, -0.15) is 4.39 Å². The average Bonchev–Trinajstić information content (AvgIpc) is 2.45. The van der Waals surface area contributed by atoms with Gasteiger partial charge in [0.1, 0.15) is 5.75 Å². The van der Waals surface area contributed by atoms with Crippen LogP contribution in [0.4, 0.5) is 13.2 Å². The minimum Gasteiger partial charge on any atom is -0.454 e. The first-order valence-electron chi connectivity index (χ1n) is 7.50. The number of aliphatic hydroxyl groups is 1. The van der Waals surface area contributed by atoms with Crippen molar-refractivity contribution in [1.82, 2.24) is 5.32 Å². The van der Waals surface area contributed by atoms with E-state index in [1.807, 2.05) is 0 Å². The molecular formula is C16H20F3NO3. The van der Waals surface area contributed by atoms with Crippen LogP contribution in [-0.2, 0) is 4.79 Å². The maximum Gasteiger partial charge on any atom is 0.304 e. The molecule has 1 fully saturated rings. The molecule has 23 heavy (non-hydrogen) atoms. The molecule has 0 heterocycles. The SMILES string of the molecule is CC(NC(=O)CC1(O)CCC1)c1cccc(OC(F)C(F)F)c1. The molecule has 2 rings (SSSR count). The second-order valence-electron chi connectivity index (χ2n) is 5.92. The molecule has 2 N–H and O–H groups in total. The van der Waals surface area contributed by atoms with E-state index < -0.39 is 24.4 Å². The van der Waals surface area contributed by atoms with E-state index in [0.29, 0.717) is 18.4 Å². The number of carbonyl (C=O) groups excluding carboxylic acids is 1. The number of ether oxygens (including phenoxy) is 1. The van der Waals surface area contributed by atoms with E-state index in [-0.39, 0.29) is 18.1 Å². The Balaban J connectivity index is 1.93. The molecule has 1 saturated carbocycles. The van der Waals surface area contributed by atoms with Gasteiger partial charge in [0.15, 0.2) is 0 Å². The number of nitrogens with one attached hydrogen (secondary N) is 1. The summed E-state index contributed by atoms with van der Waals surface area (Å²) in [6.45, 7) is 1.71. The Bertz CT molecular complexity index is 549. The Morgan fingerprint density at radius 2 is 2.09 bits per heavy atom. The molecule has 7 heteroatoms. The molecule has 2 unspecified atom stereocenters. The Morgan fingerprint density at radius 3 is 2.65 bits per heavy atom. The summed E-state index contributed by atoms with van der Waals surface area (Å²) in [7, 11) is 0. The van der Waals surface area contributed by atoms with Crippen molar-refractivity contribution < 1.29 is 27.8 Å². The number of alkyl halides is 3. The highest BCUT2D eigenvalue weighted by molar-refractivity contribution is 5.77. The molecule has 1 aromatic carbocycles. The molecule has 128 valence electrons. The van der Waals surface area contributed by atoms with Gasteiger partial charge in [0, 0.05) is 0 Å². The topological polar surface area (TPSA) is 58.6 Å². The van der Waals surface area contributed by atoms with Crippen LogP contribution in [0.5, 0.6) is 5.75 Å². The molecule has 0 spiro atoms. The van der Waals surface area contributed by atoms with Crippen molar-refractivity contribution in [3.63, 3.8) is 0 Å². The summed E-state index contributed by atoms with van der Waals surface area (Å²) in [6.07, 6.45) is -3.74. The van der Waals surface area contributed by atoms with Crippen LogP contribution in [0.1, 0.15) is 44.2 Å². The summed E-state index contributed by atoms with van der Waals surface area (Å²) in [5, 5.41) is 12.7. The molecule has 0 saturated heterocycles. The fraction of sp³-hybridized carbons (Fsp3) is 0.562. The van der Waals surface area contributed by atoms with Gasteiger partial charge in [0.2, 0.25) is 5.91 Å². The van der Waals surface area contributed by atoms with Crippen molar-refractivity contribution in [2.75, 3.05) is 0 Å². The predicted octanol–water partition coefficient (Wildman–Crippen LogP) is 3.11. The van der Waals surface area contributed by atoms with Crippen molar-refractivity contribution >= 4 is 5.91 Å². The fourth-order valence-electron chi connectivity index (χ4n) is 2.48. The van der Waals surface area contributed by atoms with Crippen LogP contribution in [0.25, 0.3) is 0 Å².